The van der Waals surface area contributed by atoms with Gasteiger partial charge in [0.2, 0.25) is 0 Å². The molecule has 3 aromatic rings. The highest BCUT2D eigenvalue weighted by atomic mass is 32.1. The summed E-state index contributed by atoms with van der Waals surface area (Å²) in [6.07, 6.45) is 7.04. The molecule has 0 atom stereocenters. The van der Waals surface area contributed by atoms with Crippen molar-refractivity contribution in [3.05, 3.63) is 53.0 Å². The lowest BCUT2D eigenvalue weighted by Crippen LogP contribution is -1.99. The Morgan fingerprint density at radius 1 is 1.23 bits per heavy atom. The lowest BCUT2D eigenvalue weighted by molar-refractivity contribution is 0.299. The smallest absolute Gasteiger partial charge is 0.162 e. The highest BCUT2D eigenvalue weighted by Crippen LogP contribution is 2.32. The van der Waals surface area contributed by atoms with Gasteiger partial charge in [-0.1, -0.05) is 24.1 Å². The van der Waals surface area contributed by atoms with Crippen LogP contribution < -0.4 is 9.47 Å². The van der Waals surface area contributed by atoms with E-state index in [2.05, 4.69) is 17.0 Å². The molecule has 0 aliphatic rings. The summed E-state index contributed by atoms with van der Waals surface area (Å²) in [6.45, 7) is 2.57. The van der Waals surface area contributed by atoms with E-state index < -0.39 is 0 Å². The van der Waals surface area contributed by atoms with Gasteiger partial charge < -0.3 is 9.47 Å². The molecule has 0 fully saturated rings. The maximum Gasteiger partial charge on any atom is 0.162 e. The number of ether oxygens (including phenoxy) is 2. The predicted octanol–water partition coefficient (Wildman–Crippen LogP) is 4.77. The summed E-state index contributed by atoms with van der Waals surface area (Å²) < 4.78 is 12.2. The second-order valence-electron chi connectivity index (χ2n) is 5.29. The molecule has 26 heavy (non-hydrogen) atoms. The molecule has 0 saturated carbocycles. The average molecular weight is 360 g/mol. The fraction of sp³-hybridized carbons (Fsp3) is 0.143. The fourth-order valence-corrected chi connectivity index (χ4v) is 3.35. The number of benzene rings is 2. The third kappa shape index (κ3) is 3.85. The second kappa shape index (κ2) is 8.20. The number of hydrogen-bond donors (Lipinski definition) is 0. The second-order valence-corrected chi connectivity index (χ2v) is 6.32. The van der Waals surface area contributed by atoms with Gasteiger partial charge in [-0.05, 0) is 42.8 Å². The molecule has 0 radical (unpaired) electrons. The molecule has 5 heteroatoms. The Balaban J connectivity index is 1.97. The number of allylic oxidation sites excluding steroid dienone is 1. The number of fused-ring (bicyclic) bond motifs is 1. The van der Waals surface area contributed by atoms with Crippen LogP contribution in [-0.2, 0) is 0 Å². The summed E-state index contributed by atoms with van der Waals surface area (Å²) >= 11 is 1.50. The van der Waals surface area contributed by atoms with E-state index in [0.29, 0.717) is 28.7 Å². The van der Waals surface area contributed by atoms with Gasteiger partial charge in [-0.25, -0.2) is 4.98 Å². The van der Waals surface area contributed by atoms with Crippen molar-refractivity contribution in [1.82, 2.24) is 4.98 Å². The number of hydrogen-bond acceptors (Lipinski definition) is 5. The molecule has 0 saturated heterocycles. The molecule has 2 aromatic carbocycles. The van der Waals surface area contributed by atoms with Crippen molar-refractivity contribution in [2.75, 3.05) is 13.2 Å². The van der Waals surface area contributed by atoms with E-state index in [-0.39, 0.29) is 6.61 Å². The van der Waals surface area contributed by atoms with Crippen LogP contribution in [0.5, 0.6) is 11.5 Å². The molecule has 1 aromatic heterocycles. The van der Waals surface area contributed by atoms with Crippen LogP contribution in [0.4, 0.5) is 0 Å². The Labute approximate surface area is 156 Å². The highest BCUT2D eigenvalue weighted by molar-refractivity contribution is 7.19. The molecule has 3 rings (SSSR count). The van der Waals surface area contributed by atoms with Crippen molar-refractivity contribution in [3.63, 3.8) is 0 Å². The first kappa shape index (κ1) is 17.5. The van der Waals surface area contributed by atoms with Crippen LogP contribution in [-0.4, -0.2) is 18.2 Å². The van der Waals surface area contributed by atoms with Gasteiger partial charge >= 0.3 is 0 Å². The van der Waals surface area contributed by atoms with E-state index in [0.717, 1.165) is 15.8 Å². The van der Waals surface area contributed by atoms with E-state index >= 15 is 0 Å². The van der Waals surface area contributed by atoms with Gasteiger partial charge in [0.25, 0.3) is 0 Å². The number of nitriles is 1. The summed E-state index contributed by atoms with van der Waals surface area (Å²) in [7, 11) is 0. The third-order valence-corrected chi connectivity index (χ3v) is 4.60. The summed E-state index contributed by atoms with van der Waals surface area (Å²) in [4.78, 5) is 4.55. The van der Waals surface area contributed by atoms with E-state index in [1.54, 1.807) is 12.1 Å². The van der Waals surface area contributed by atoms with Crippen molar-refractivity contribution >= 4 is 33.2 Å². The monoisotopic (exact) mass is 360 g/mol. The zero-order chi connectivity index (χ0) is 18.4. The van der Waals surface area contributed by atoms with Crippen LogP contribution in [0.25, 0.3) is 21.9 Å². The number of terminal acetylenes is 1. The number of rotatable bonds is 6. The topological polar surface area (TPSA) is 55.1 Å². The van der Waals surface area contributed by atoms with Crippen molar-refractivity contribution in [3.8, 4) is 29.9 Å². The molecule has 0 N–H and O–H groups in total. The van der Waals surface area contributed by atoms with Crippen LogP contribution in [0.2, 0.25) is 0 Å². The van der Waals surface area contributed by atoms with Crippen LogP contribution in [0.15, 0.2) is 42.5 Å². The van der Waals surface area contributed by atoms with Crippen molar-refractivity contribution < 1.29 is 9.47 Å². The van der Waals surface area contributed by atoms with Crippen molar-refractivity contribution in [2.24, 2.45) is 0 Å². The van der Waals surface area contributed by atoms with Gasteiger partial charge in [0.05, 0.1) is 22.4 Å². The van der Waals surface area contributed by atoms with E-state index in [9.17, 15) is 5.26 Å². The van der Waals surface area contributed by atoms with Crippen molar-refractivity contribution in [1.29, 1.82) is 5.26 Å². The standard InChI is InChI=1S/C21H16N2O2S/c1-3-11-25-18-10-9-15(13-19(18)24-4-2)12-16(14-22)21-23-17-7-5-6-8-20(17)26-21/h1,5-10,12-13H,4,11H2,2H3/b16-12+. The Hall–Kier alpha value is -3.28. The molecule has 0 aliphatic carbocycles. The van der Waals surface area contributed by atoms with Gasteiger partial charge in [-0.2, -0.15) is 5.26 Å². The van der Waals surface area contributed by atoms with Gasteiger partial charge in [-0.3, -0.25) is 0 Å². The van der Waals surface area contributed by atoms with Crippen molar-refractivity contribution in [2.45, 2.75) is 6.92 Å². The molecule has 0 unspecified atom stereocenters. The minimum atomic E-state index is 0.171. The number of thiazole rings is 1. The molecule has 0 bridgehead atoms. The third-order valence-electron chi connectivity index (χ3n) is 3.53. The van der Waals surface area contributed by atoms with E-state index in [4.69, 9.17) is 15.9 Å². The van der Waals surface area contributed by atoms with Gasteiger partial charge in [0, 0.05) is 0 Å². The molecule has 0 spiro atoms. The average Bonchev–Trinajstić information content (AvgIpc) is 3.09. The van der Waals surface area contributed by atoms with E-state index in [1.165, 1.54) is 11.3 Å². The van der Waals surface area contributed by atoms with Crippen LogP contribution in [0, 0.1) is 23.7 Å². The van der Waals surface area contributed by atoms with Crippen LogP contribution in [0.1, 0.15) is 17.5 Å². The van der Waals surface area contributed by atoms with Gasteiger partial charge in [0.15, 0.2) is 11.5 Å². The van der Waals surface area contributed by atoms with Gasteiger partial charge in [0.1, 0.15) is 17.7 Å². The maximum absolute atomic E-state index is 9.58. The summed E-state index contributed by atoms with van der Waals surface area (Å²) in [5.41, 5.74) is 2.23. The summed E-state index contributed by atoms with van der Waals surface area (Å²) in [6, 6.07) is 15.6. The van der Waals surface area contributed by atoms with Gasteiger partial charge in [-0.15, -0.1) is 17.8 Å². The van der Waals surface area contributed by atoms with E-state index in [1.807, 2.05) is 43.3 Å². The Morgan fingerprint density at radius 2 is 2.08 bits per heavy atom. The molecular formula is C21H16N2O2S. The largest absolute Gasteiger partial charge is 0.490 e. The van der Waals surface area contributed by atoms with Crippen LogP contribution >= 0.6 is 11.3 Å². The minimum absolute atomic E-state index is 0.171. The SMILES string of the molecule is C#CCOc1ccc(/C=C(\C#N)c2nc3ccccc3s2)cc1OCC. The maximum atomic E-state index is 9.58. The molecule has 0 aliphatic heterocycles. The zero-order valence-electron chi connectivity index (χ0n) is 14.2. The summed E-state index contributed by atoms with van der Waals surface area (Å²) in [5.74, 6) is 3.62. The fourth-order valence-electron chi connectivity index (χ4n) is 2.42. The quantitative estimate of drug-likeness (QED) is 0.469. The molecule has 128 valence electrons. The summed E-state index contributed by atoms with van der Waals surface area (Å²) in [5, 5.41) is 10.3. The molecular weight excluding hydrogens is 344 g/mol. The normalized spacial score (nSPS) is 11.0. The Bertz CT molecular complexity index is 1010. The zero-order valence-corrected chi connectivity index (χ0v) is 15.0. The number of para-hydroxylation sites is 1. The molecule has 4 nitrogen and oxygen atoms in total. The predicted molar refractivity (Wildman–Crippen MR) is 105 cm³/mol. The Morgan fingerprint density at radius 3 is 2.81 bits per heavy atom. The molecule has 1 heterocycles. The van der Waals surface area contributed by atoms with Crippen LogP contribution in [0.3, 0.4) is 0 Å². The first-order valence-corrected chi connectivity index (χ1v) is 8.87. The Kier molecular flexibility index (Phi) is 5.53. The number of aromatic nitrogens is 1. The first-order chi connectivity index (χ1) is 12.7. The number of nitrogens with zero attached hydrogens (tertiary/aromatic N) is 2. The lowest BCUT2D eigenvalue weighted by Gasteiger charge is -2.11. The molecule has 0 amide bonds. The minimum Gasteiger partial charge on any atom is -0.490 e. The lowest BCUT2D eigenvalue weighted by atomic mass is 10.1. The highest BCUT2D eigenvalue weighted by Gasteiger charge is 2.10. The first-order valence-electron chi connectivity index (χ1n) is 8.06.